The molecule has 6 nitrogen and oxygen atoms in total. The van der Waals surface area contributed by atoms with Crippen LogP contribution in [0.25, 0.3) is 0 Å². The van der Waals surface area contributed by atoms with Gasteiger partial charge in [-0.3, -0.25) is 4.79 Å². The van der Waals surface area contributed by atoms with Crippen molar-refractivity contribution in [1.29, 1.82) is 0 Å². The average molecular weight is 410 g/mol. The fourth-order valence-corrected chi connectivity index (χ4v) is 6.27. The third-order valence-electron chi connectivity index (χ3n) is 4.76. The van der Waals surface area contributed by atoms with Gasteiger partial charge in [0.1, 0.15) is 0 Å². The van der Waals surface area contributed by atoms with Gasteiger partial charge in [0.05, 0.1) is 31.6 Å². The van der Waals surface area contributed by atoms with Gasteiger partial charge in [0.25, 0.3) is 0 Å². The topological polar surface area (TPSA) is 72.9 Å². The van der Waals surface area contributed by atoms with E-state index in [0.717, 1.165) is 10.4 Å². The summed E-state index contributed by atoms with van der Waals surface area (Å²) in [5.41, 5.74) is 0.805. The van der Waals surface area contributed by atoms with E-state index in [0.29, 0.717) is 24.5 Å². The second kappa shape index (κ2) is 8.31. The largest absolute Gasteiger partial charge is 0.493 e. The molecule has 1 aliphatic rings. The molecule has 1 aromatic heterocycles. The summed E-state index contributed by atoms with van der Waals surface area (Å²) in [6.45, 7) is 0.671. The summed E-state index contributed by atoms with van der Waals surface area (Å²) in [7, 11) is -0.153. The molecule has 0 unspecified atom stereocenters. The van der Waals surface area contributed by atoms with Gasteiger partial charge in [0, 0.05) is 18.0 Å². The van der Waals surface area contributed by atoms with Gasteiger partial charge < -0.3 is 14.4 Å². The molecular formula is C19H23NO5S2. The minimum atomic E-state index is -3.26. The zero-order chi connectivity index (χ0) is 19.4. The summed E-state index contributed by atoms with van der Waals surface area (Å²) < 4.78 is 35.7. The Hall–Kier alpha value is -2.06. The molecule has 1 atom stereocenters. The van der Waals surface area contributed by atoms with Crippen molar-refractivity contribution in [2.45, 2.75) is 18.1 Å². The summed E-state index contributed by atoms with van der Waals surface area (Å²) in [6, 6.07) is 9.08. The lowest BCUT2D eigenvalue weighted by molar-refractivity contribution is -0.130. The molecule has 1 aromatic carbocycles. The number of nitrogens with zero attached hydrogens (tertiary/aromatic N) is 1. The van der Waals surface area contributed by atoms with Crippen molar-refractivity contribution in [3.8, 4) is 11.5 Å². The second-order valence-corrected chi connectivity index (χ2v) is 9.69. The van der Waals surface area contributed by atoms with Crippen LogP contribution in [-0.4, -0.2) is 52.3 Å². The van der Waals surface area contributed by atoms with Crippen LogP contribution in [0.2, 0.25) is 0 Å². The highest BCUT2D eigenvalue weighted by Crippen LogP contribution is 2.33. The van der Waals surface area contributed by atoms with E-state index >= 15 is 0 Å². The third-order valence-corrected chi connectivity index (χ3v) is 8.00. The first-order valence-corrected chi connectivity index (χ1v) is 11.3. The molecule has 0 saturated carbocycles. The van der Waals surface area contributed by atoms with Gasteiger partial charge in [0.15, 0.2) is 21.3 Å². The maximum atomic E-state index is 12.7. The first kappa shape index (κ1) is 19.7. The van der Waals surface area contributed by atoms with Gasteiger partial charge in [-0.15, -0.1) is 11.3 Å². The molecule has 0 radical (unpaired) electrons. The summed E-state index contributed by atoms with van der Waals surface area (Å²) in [6.07, 6.45) is 0.630. The number of carbonyl (C=O) groups excluding carboxylic acids is 1. The minimum Gasteiger partial charge on any atom is -0.493 e. The minimum absolute atomic E-state index is 0.00671. The number of benzene rings is 1. The van der Waals surface area contributed by atoms with E-state index in [2.05, 4.69) is 0 Å². The summed E-state index contributed by atoms with van der Waals surface area (Å²) in [5.74, 6) is 1.09. The molecule has 0 spiro atoms. The van der Waals surface area contributed by atoms with Gasteiger partial charge >= 0.3 is 0 Å². The third kappa shape index (κ3) is 4.44. The Bertz CT molecular complexity index is 893. The number of methoxy groups -OCH3 is 2. The molecule has 1 saturated heterocycles. The lowest BCUT2D eigenvalue weighted by Gasteiger charge is -2.20. The molecule has 2 aromatic rings. The Morgan fingerprint density at radius 2 is 1.96 bits per heavy atom. The van der Waals surface area contributed by atoms with Crippen LogP contribution in [0.1, 0.15) is 22.1 Å². The number of rotatable bonds is 5. The van der Waals surface area contributed by atoms with Crippen LogP contribution in [0, 0.1) is 0 Å². The fraction of sp³-hybridized carbons (Fsp3) is 0.421. The van der Waals surface area contributed by atoms with Gasteiger partial charge in [-0.05, 0) is 35.6 Å². The number of hydrogen-bond donors (Lipinski definition) is 0. The maximum absolute atomic E-state index is 12.7. The molecule has 0 N–H and O–H groups in total. The van der Waals surface area contributed by atoms with Crippen molar-refractivity contribution >= 4 is 27.1 Å². The van der Waals surface area contributed by atoms with E-state index in [1.54, 1.807) is 31.3 Å². The number of sulfone groups is 1. The van der Waals surface area contributed by atoms with E-state index in [-0.39, 0.29) is 24.6 Å². The number of amides is 1. The predicted octanol–water partition coefficient (Wildman–Crippen LogP) is 2.70. The average Bonchev–Trinajstić information content (AvgIpc) is 3.12. The highest BCUT2D eigenvalue weighted by atomic mass is 32.2. The monoisotopic (exact) mass is 409 g/mol. The Kier molecular flexibility index (Phi) is 6.06. The zero-order valence-corrected chi connectivity index (χ0v) is 17.0. The quantitative estimate of drug-likeness (QED) is 0.759. The molecular weight excluding hydrogens is 386 g/mol. The molecule has 27 heavy (non-hydrogen) atoms. The second-order valence-electron chi connectivity index (χ2n) is 6.41. The molecule has 1 fully saturated rings. The smallest absolute Gasteiger partial charge is 0.227 e. The normalized spacial score (nSPS) is 19.3. The Balaban J connectivity index is 1.71. The molecule has 0 bridgehead atoms. The molecule has 1 aliphatic heterocycles. The van der Waals surface area contributed by atoms with Gasteiger partial charge in [0.2, 0.25) is 5.91 Å². The van der Waals surface area contributed by atoms with E-state index in [9.17, 15) is 13.2 Å². The Labute approximate surface area is 163 Å². The zero-order valence-electron chi connectivity index (χ0n) is 15.4. The highest BCUT2D eigenvalue weighted by Gasteiger charge is 2.33. The van der Waals surface area contributed by atoms with Crippen molar-refractivity contribution in [3.05, 3.63) is 46.2 Å². The van der Waals surface area contributed by atoms with Crippen LogP contribution < -0.4 is 9.47 Å². The molecule has 2 heterocycles. The standard InChI is InChI=1S/C19H23NO5S2/c1-24-15-6-5-14(12-16(15)25-2)13-19(21)20-8-7-18(17-4-3-10-26-17)27(22,23)11-9-20/h3-6,10,12,18H,7-9,11,13H2,1-2H3/t18-/m0/s1. The number of ether oxygens (including phenoxy) is 2. The molecule has 0 aliphatic carbocycles. The lowest BCUT2D eigenvalue weighted by atomic mass is 10.1. The molecule has 146 valence electrons. The van der Waals surface area contributed by atoms with Crippen molar-refractivity contribution < 1.29 is 22.7 Å². The van der Waals surface area contributed by atoms with Gasteiger partial charge in [-0.1, -0.05) is 12.1 Å². The summed E-state index contributed by atoms with van der Waals surface area (Å²) in [4.78, 5) is 15.2. The predicted molar refractivity (Wildman–Crippen MR) is 105 cm³/mol. The van der Waals surface area contributed by atoms with Crippen LogP contribution in [0.15, 0.2) is 35.7 Å². The Morgan fingerprint density at radius 1 is 1.19 bits per heavy atom. The SMILES string of the molecule is COc1ccc(CC(=O)N2CC[C@@H](c3cccs3)S(=O)(=O)CC2)cc1OC. The van der Waals surface area contributed by atoms with Crippen molar-refractivity contribution in [1.82, 2.24) is 4.90 Å². The van der Waals surface area contributed by atoms with Crippen LogP contribution in [-0.2, 0) is 21.1 Å². The van der Waals surface area contributed by atoms with Gasteiger partial charge in [-0.2, -0.15) is 0 Å². The van der Waals surface area contributed by atoms with Crippen molar-refractivity contribution in [2.75, 3.05) is 33.1 Å². The fourth-order valence-electron chi connectivity index (χ4n) is 3.26. The summed E-state index contributed by atoms with van der Waals surface area (Å²) in [5, 5.41) is 1.37. The number of carbonyl (C=O) groups is 1. The van der Waals surface area contributed by atoms with Crippen LogP contribution in [0.3, 0.4) is 0 Å². The van der Waals surface area contributed by atoms with Gasteiger partial charge in [-0.25, -0.2) is 8.42 Å². The van der Waals surface area contributed by atoms with Crippen molar-refractivity contribution in [3.63, 3.8) is 0 Å². The van der Waals surface area contributed by atoms with E-state index < -0.39 is 15.1 Å². The number of thiophene rings is 1. The van der Waals surface area contributed by atoms with Crippen LogP contribution >= 0.6 is 11.3 Å². The van der Waals surface area contributed by atoms with Crippen LogP contribution in [0.5, 0.6) is 11.5 Å². The molecule has 8 heteroatoms. The number of hydrogen-bond acceptors (Lipinski definition) is 6. The summed E-state index contributed by atoms with van der Waals surface area (Å²) >= 11 is 1.45. The first-order valence-electron chi connectivity index (χ1n) is 8.68. The lowest BCUT2D eigenvalue weighted by Crippen LogP contribution is -2.34. The first-order chi connectivity index (χ1) is 12.9. The highest BCUT2D eigenvalue weighted by molar-refractivity contribution is 7.91. The molecule has 1 amide bonds. The van der Waals surface area contributed by atoms with E-state index in [1.165, 1.54) is 11.3 Å². The Morgan fingerprint density at radius 3 is 2.63 bits per heavy atom. The van der Waals surface area contributed by atoms with E-state index in [1.807, 2.05) is 23.6 Å². The van der Waals surface area contributed by atoms with E-state index in [4.69, 9.17) is 9.47 Å². The maximum Gasteiger partial charge on any atom is 0.227 e. The van der Waals surface area contributed by atoms with Crippen LogP contribution in [0.4, 0.5) is 0 Å². The van der Waals surface area contributed by atoms with Crippen molar-refractivity contribution in [2.24, 2.45) is 0 Å². The molecule has 3 rings (SSSR count).